The Morgan fingerprint density at radius 2 is 1.57 bits per heavy atom. The first-order valence-electron chi connectivity index (χ1n) is 6.17. The zero-order chi connectivity index (χ0) is 9.60. The number of alkyl halides is 1. The van der Waals surface area contributed by atoms with Crippen LogP contribution >= 0.6 is 0 Å². The predicted octanol–water partition coefficient (Wildman–Crippen LogP) is 2.51. The SMILES string of the molecule is FC1(C2CCCC2)CC2CNCC2C1. The Labute approximate surface area is 85.5 Å². The van der Waals surface area contributed by atoms with Crippen LogP contribution in [0, 0.1) is 17.8 Å². The van der Waals surface area contributed by atoms with Gasteiger partial charge < -0.3 is 5.32 Å². The van der Waals surface area contributed by atoms with E-state index in [0.717, 1.165) is 38.8 Å². The van der Waals surface area contributed by atoms with E-state index in [1.54, 1.807) is 0 Å². The van der Waals surface area contributed by atoms with Gasteiger partial charge in [-0.1, -0.05) is 12.8 Å². The van der Waals surface area contributed by atoms with E-state index in [0.29, 0.717) is 17.8 Å². The van der Waals surface area contributed by atoms with Crippen LogP contribution in [0.5, 0.6) is 0 Å². The van der Waals surface area contributed by atoms with Gasteiger partial charge in [-0.2, -0.15) is 0 Å². The number of halogens is 1. The molecule has 0 aromatic rings. The maximum Gasteiger partial charge on any atom is 0.114 e. The van der Waals surface area contributed by atoms with Gasteiger partial charge in [-0.25, -0.2) is 4.39 Å². The predicted molar refractivity (Wildman–Crippen MR) is 54.9 cm³/mol. The van der Waals surface area contributed by atoms with Crippen molar-refractivity contribution in [1.82, 2.24) is 5.32 Å². The summed E-state index contributed by atoms with van der Waals surface area (Å²) in [6.07, 6.45) is 6.56. The molecule has 80 valence electrons. The summed E-state index contributed by atoms with van der Waals surface area (Å²) in [6, 6.07) is 0. The third-order valence-corrected chi connectivity index (χ3v) is 4.77. The molecule has 0 amide bonds. The summed E-state index contributed by atoms with van der Waals surface area (Å²) in [5.74, 6) is 1.72. The van der Waals surface area contributed by atoms with E-state index in [1.807, 2.05) is 0 Å². The van der Waals surface area contributed by atoms with Crippen molar-refractivity contribution in [3.8, 4) is 0 Å². The summed E-state index contributed by atoms with van der Waals surface area (Å²) >= 11 is 0. The molecule has 1 nitrogen and oxygen atoms in total. The lowest BCUT2D eigenvalue weighted by atomic mass is 9.85. The van der Waals surface area contributed by atoms with Crippen molar-refractivity contribution in [2.24, 2.45) is 17.8 Å². The van der Waals surface area contributed by atoms with Gasteiger partial charge in [0.2, 0.25) is 0 Å². The molecular formula is C12H20FN. The normalized spacial score (nSPS) is 48.6. The van der Waals surface area contributed by atoms with Crippen LogP contribution in [-0.2, 0) is 0 Å². The maximum absolute atomic E-state index is 14.7. The maximum atomic E-state index is 14.7. The topological polar surface area (TPSA) is 12.0 Å². The molecule has 3 fully saturated rings. The van der Waals surface area contributed by atoms with Crippen LogP contribution in [0.1, 0.15) is 38.5 Å². The van der Waals surface area contributed by atoms with Crippen LogP contribution in [0.2, 0.25) is 0 Å². The largest absolute Gasteiger partial charge is 0.316 e. The van der Waals surface area contributed by atoms with Gasteiger partial charge in [0, 0.05) is 0 Å². The molecule has 14 heavy (non-hydrogen) atoms. The van der Waals surface area contributed by atoms with Gasteiger partial charge in [0.05, 0.1) is 0 Å². The van der Waals surface area contributed by atoms with Crippen LogP contribution in [0.4, 0.5) is 4.39 Å². The van der Waals surface area contributed by atoms with Gasteiger partial charge in [-0.05, 0) is 56.5 Å². The molecule has 2 aliphatic carbocycles. The standard InChI is InChI=1S/C12H20FN/c13-12(11-3-1-2-4-11)5-9-7-14-8-10(9)6-12/h9-11,14H,1-8H2. The van der Waals surface area contributed by atoms with Gasteiger partial charge in [0.25, 0.3) is 0 Å². The van der Waals surface area contributed by atoms with Crippen molar-refractivity contribution in [3.05, 3.63) is 0 Å². The van der Waals surface area contributed by atoms with Gasteiger partial charge in [-0.15, -0.1) is 0 Å². The minimum atomic E-state index is -0.770. The smallest absolute Gasteiger partial charge is 0.114 e. The molecule has 2 heteroatoms. The first-order chi connectivity index (χ1) is 6.78. The molecule has 2 atom stereocenters. The Kier molecular flexibility index (Phi) is 2.08. The minimum Gasteiger partial charge on any atom is -0.316 e. The lowest BCUT2D eigenvalue weighted by molar-refractivity contribution is 0.0818. The van der Waals surface area contributed by atoms with E-state index < -0.39 is 5.67 Å². The van der Waals surface area contributed by atoms with Gasteiger partial charge in [0.15, 0.2) is 0 Å². The number of hydrogen-bond donors (Lipinski definition) is 1. The molecule has 3 aliphatic rings. The van der Waals surface area contributed by atoms with Crippen molar-refractivity contribution in [1.29, 1.82) is 0 Å². The lowest BCUT2D eigenvalue weighted by Gasteiger charge is -2.27. The molecule has 1 aliphatic heterocycles. The molecule has 0 aromatic heterocycles. The summed E-state index contributed by atoms with van der Waals surface area (Å²) in [6.45, 7) is 2.14. The van der Waals surface area contributed by atoms with Crippen LogP contribution < -0.4 is 5.32 Å². The molecule has 0 radical (unpaired) electrons. The summed E-state index contributed by atoms with van der Waals surface area (Å²) in [7, 11) is 0. The Hall–Kier alpha value is -0.110. The number of nitrogens with one attached hydrogen (secondary N) is 1. The molecule has 0 bridgehead atoms. The molecule has 2 saturated carbocycles. The monoisotopic (exact) mass is 197 g/mol. The van der Waals surface area contributed by atoms with Crippen molar-refractivity contribution in [3.63, 3.8) is 0 Å². The molecular weight excluding hydrogens is 177 g/mol. The van der Waals surface area contributed by atoms with Gasteiger partial charge in [0.1, 0.15) is 5.67 Å². The van der Waals surface area contributed by atoms with Crippen LogP contribution in [0.15, 0.2) is 0 Å². The van der Waals surface area contributed by atoms with Crippen molar-refractivity contribution in [2.45, 2.75) is 44.2 Å². The molecule has 2 unspecified atom stereocenters. The van der Waals surface area contributed by atoms with Crippen LogP contribution in [0.3, 0.4) is 0 Å². The number of hydrogen-bond acceptors (Lipinski definition) is 1. The zero-order valence-electron chi connectivity index (χ0n) is 8.77. The quantitative estimate of drug-likeness (QED) is 0.681. The van der Waals surface area contributed by atoms with E-state index >= 15 is 0 Å². The van der Waals surface area contributed by atoms with Crippen molar-refractivity contribution >= 4 is 0 Å². The number of fused-ring (bicyclic) bond motifs is 1. The molecule has 0 spiro atoms. The second-order valence-corrected chi connectivity index (χ2v) is 5.60. The fraction of sp³-hybridized carbons (Fsp3) is 1.00. The second kappa shape index (κ2) is 3.19. The molecule has 1 saturated heterocycles. The van der Waals surface area contributed by atoms with Crippen LogP contribution in [-0.4, -0.2) is 18.8 Å². The average Bonchev–Trinajstić information content (AvgIpc) is 2.74. The fourth-order valence-electron chi connectivity index (χ4n) is 4.00. The van der Waals surface area contributed by atoms with E-state index in [-0.39, 0.29) is 0 Å². The lowest BCUT2D eigenvalue weighted by Crippen LogP contribution is -2.30. The summed E-state index contributed by atoms with van der Waals surface area (Å²) in [5, 5.41) is 3.39. The molecule has 1 N–H and O–H groups in total. The highest BCUT2D eigenvalue weighted by Crippen LogP contribution is 2.51. The van der Waals surface area contributed by atoms with E-state index in [2.05, 4.69) is 5.32 Å². The summed E-state index contributed by atoms with van der Waals surface area (Å²) in [5.41, 5.74) is -0.770. The molecule has 0 aromatic carbocycles. The Morgan fingerprint density at radius 3 is 2.14 bits per heavy atom. The Balaban J connectivity index is 1.72. The summed E-state index contributed by atoms with van der Waals surface area (Å²) < 4.78 is 14.7. The Bertz CT molecular complexity index is 210. The van der Waals surface area contributed by atoms with Crippen LogP contribution in [0.25, 0.3) is 0 Å². The van der Waals surface area contributed by atoms with Gasteiger partial charge in [-0.3, -0.25) is 0 Å². The zero-order valence-corrected chi connectivity index (χ0v) is 8.77. The van der Waals surface area contributed by atoms with E-state index in [1.165, 1.54) is 12.8 Å². The average molecular weight is 197 g/mol. The minimum absolute atomic E-state index is 0.410. The van der Waals surface area contributed by atoms with Crippen molar-refractivity contribution in [2.75, 3.05) is 13.1 Å². The first-order valence-corrected chi connectivity index (χ1v) is 6.17. The summed E-state index contributed by atoms with van der Waals surface area (Å²) in [4.78, 5) is 0. The second-order valence-electron chi connectivity index (χ2n) is 5.60. The third-order valence-electron chi connectivity index (χ3n) is 4.77. The highest BCUT2D eigenvalue weighted by molar-refractivity contribution is 5.03. The highest BCUT2D eigenvalue weighted by atomic mass is 19.1. The molecule has 3 rings (SSSR count). The number of rotatable bonds is 1. The van der Waals surface area contributed by atoms with Gasteiger partial charge >= 0.3 is 0 Å². The fourth-order valence-corrected chi connectivity index (χ4v) is 4.00. The molecule has 1 heterocycles. The first kappa shape index (κ1) is 9.14. The Morgan fingerprint density at radius 1 is 1.00 bits per heavy atom. The third kappa shape index (κ3) is 1.30. The van der Waals surface area contributed by atoms with E-state index in [4.69, 9.17) is 0 Å². The highest BCUT2D eigenvalue weighted by Gasteiger charge is 2.51. The van der Waals surface area contributed by atoms with E-state index in [9.17, 15) is 4.39 Å². The van der Waals surface area contributed by atoms with Crippen molar-refractivity contribution < 1.29 is 4.39 Å².